The molecule has 0 bridgehead atoms. The number of rotatable bonds is 7. The van der Waals surface area contributed by atoms with E-state index in [9.17, 15) is 4.79 Å². The number of carbonyl (C=O) groups is 1. The van der Waals surface area contributed by atoms with Crippen molar-refractivity contribution in [2.45, 2.75) is 6.42 Å². The van der Waals surface area contributed by atoms with E-state index in [-0.39, 0.29) is 24.9 Å². The van der Waals surface area contributed by atoms with E-state index >= 15 is 0 Å². The van der Waals surface area contributed by atoms with Gasteiger partial charge in [0.05, 0.1) is 0 Å². The second kappa shape index (κ2) is 10.4. The van der Waals surface area contributed by atoms with Crippen molar-refractivity contribution in [2.75, 3.05) is 45.9 Å². The van der Waals surface area contributed by atoms with Crippen LogP contribution in [0.1, 0.15) is 6.42 Å². The number of nitrogens with one attached hydrogen (secondary N) is 2. The summed E-state index contributed by atoms with van der Waals surface area (Å²) in [4.78, 5) is 14.0. The fourth-order valence-electron chi connectivity index (χ4n) is 2.18. The highest BCUT2D eigenvalue weighted by molar-refractivity contribution is 5.85. The average Bonchev–Trinajstić information content (AvgIpc) is 2.52. The van der Waals surface area contributed by atoms with Crippen LogP contribution >= 0.6 is 12.4 Å². The van der Waals surface area contributed by atoms with E-state index in [1.54, 1.807) is 0 Å². The van der Waals surface area contributed by atoms with Crippen LogP contribution in [0.25, 0.3) is 0 Å². The SMILES string of the molecule is Cl.O=C(COc1ccccc1)NCCCN1CCNCC1. The quantitative estimate of drug-likeness (QED) is 0.734. The smallest absolute Gasteiger partial charge is 0.257 e. The molecule has 0 atom stereocenters. The van der Waals surface area contributed by atoms with Gasteiger partial charge in [0.2, 0.25) is 0 Å². The molecule has 0 saturated carbocycles. The highest BCUT2D eigenvalue weighted by Crippen LogP contribution is 2.07. The summed E-state index contributed by atoms with van der Waals surface area (Å²) in [7, 11) is 0. The minimum absolute atomic E-state index is 0. The summed E-state index contributed by atoms with van der Waals surface area (Å²) in [5.74, 6) is 0.664. The highest BCUT2D eigenvalue weighted by atomic mass is 35.5. The minimum atomic E-state index is -0.0610. The first-order chi connectivity index (χ1) is 9.84. The van der Waals surface area contributed by atoms with Crippen molar-refractivity contribution in [3.05, 3.63) is 30.3 Å². The molecule has 2 N–H and O–H groups in total. The Labute approximate surface area is 132 Å². The predicted octanol–water partition coefficient (Wildman–Crippen LogP) is 0.899. The Balaban J connectivity index is 0.00000220. The van der Waals surface area contributed by atoms with Crippen LogP contribution in [-0.2, 0) is 4.79 Å². The Morgan fingerprint density at radius 1 is 1.24 bits per heavy atom. The van der Waals surface area contributed by atoms with Gasteiger partial charge in [0.25, 0.3) is 5.91 Å². The summed E-state index contributed by atoms with van der Waals surface area (Å²) in [5, 5.41) is 6.21. The van der Waals surface area contributed by atoms with Gasteiger partial charge in [-0.1, -0.05) is 18.2 Å². The van der Waals surface area contributed by atoms with Crippen molar-refractivity contribution < 1.29 is 9.53 Å². The maximum absolute atomic E-state index is 11.6. The van der Waals surface area contributed by atoms with E-state index < -0.39 is 0 Å². The van der Waals surface area contributed by atoms with Gasteiger partial charge in [-0.15, -0.1) is 12.4 Å². The Morgan fingerprint density at radius 2 is 1.95 bits per heavy atom. The molecule has 6 heteroatoms. The van der Waals surface area contributed by atoms with Crippen molar-refractivity contribution in [2.24, 2.45) is 0 Å². The van der Waals surface area contributed by atoms with E-state index in [2.05, 4.69) is 15.5 Å². The maximum atomic E-state index is 11.6. The van der Waals surface area contributed by atoms with Crippen molar-refractivity contribution in [3.8, 4) is 5.75 Å². The molecule has 1 aromatic carbocycles. The van der Waals surface area contributed by atoms with E-state index in [0.29, 0.717) is 6.54 Å². The van der Waals surface area contributed by atoms with Crippen LogP contribution in [0.15, 0.2) is 30.3 Å². The summed E-state index contributed by atoms with van der Waals surface area (Å²) in [5.41, 5.74) is 0. The molecule has 1 saturated heterocycles. The van der Waals surface area contributed by atoms with Crippen LogP contribution in [0.3, 0.4) is 0 Å². The largest absolute Gasteiger partial charge is 0.484 e. The Kier molecular flexibility index (Phi) is 8.82. The number of halogens is 1. The molecule has 0 spiro atoms. The van der Waals surface area contributed by atoms with Gasteiger partial charge >= 0.3 is 0 Å². The number of hydrogen-bond donors (Lipinski definition) is 2. The van der Waals surface area contributed by atoms with Crippen molar-refractivity contribution in [1.29, 1.82) is 0 Å². The molecular formula is C15H24ClN3O2. The summed E-state index contributed by atoms with van der Waals surface area (Å²) in [6.07, 6.45) is 0.983. The zero-order valence-corrected chi connectivity index (χ0v) is 13.0. The maximum Gasteiger partial charge on any atom is 0.257 e. The predicted molar refractivity (Wildman–Crippen MR) is 86.1 cm³/mol. The summed E-state index contributed by atoms with van der Waals surface area (Å²) in [6.45, 7) is 6.17. The van der Waals surface area contributed by atoms with Crippen LogP contribution in [0.2, 0.25) is 0 Å². The lowest BCUT2D eigenvalue weighted by atomic mass is 10.3. The molecule has 0 unspecified atom stereocenters. The molecule has 0 aliphatic carbocycles. The molecule has 1 amide bonds. The Bertz CT molecular complexity index is 397. The van der Waals surface area contributed by atoms with Gasteiger partial charge in [-0.2, -0.15) is 0 Å². The monoisotopic (exact) mass is 313 g/mol. The van der Waals surface area contributed by atoms with Crippen LogP contribution in [0, 0.1) is 0 Å². The van der Waals surface area contributed by atoms with Gasteiger partial charge in [0.1, 0.15) is 5.75 Å². The molecule has 0 radical (unpaired) electrons. The second-order valence-electron chi connectivity index (χ2n) is 4.90. The van der Waals surface area contributed by atoms with Crippen LogP contribution in [0.5, 0.6) is 5.75 Å². The molecule has 1 aliphatic rings. The molecule has 5 nitrogen and oxygen atoms in total. The molecule has 1 aromatic rings. The van der Waals surface area contributed by atoms with Gasteiger partial charge in [-0.3, -0.25) is 4.79 Å². The van der Waals surface area contributed by atoms with Gasteiger partial charge in [0, 0.05) is 32.7 Å². The number of nitrogens with zero attached hydrogens (tertiary/aromatic N) is 1. The Hall–Kier alpha value is -1.30. The fourth-order valence-corrected chi connectivity index (χ4v) is 2.18. The number of para-hydroxylation sites is 1. The third kappa shape index (κ3) is 7.32. The van der Waals surface area contributed by atoms with E-state index in [0.717, 1.165) is 44.9 Å². The number of ether oxygens (including phenoxy) is 1. The molecule has 1 heterocycles. The summed E-state index contributed by atoms with van der Waals surface area (Å²) in [6, 6.07) is 9.39. The van der Waals surface area contributed by atoms with Crippen molar-refractivity contribution in [3.63, 3.8) is 0 Å². The fraction of sp³-hybridized carbons (Fsp3) is 0.533. The van der Waals surface area contributed by atoms with Crippen molar-refractivity contribution >= 4 is 18.3 Å². The summed E-state index contributed by atoms with van der Waals surface area (Å²) >= 11 is 0. The molecule has 118 valence electrons. The van der Waals surface area contributed by atoms with E-state index in [1.165, 1.54) is 0 Å². The lowest BCUT2D eigenvalue weighted by molar-refractivity contribution is -0.123. The number of piperazine rings is 1. The van der Waals surface area contributed by atoms with Gasteiger partial charge < -0.3 is 20.3 Å². The van der Waals surface area contributed by atoms with Gasteiger partial charge in [-0.25, -0.2) is 0 Å². The first-order valence-corrected chi connectivity index (χ1v) is 7.22. The third-order valence-electron chi connectivity index (χ3n) is 3.30. The average molecular weight is 314 g/mol. The van der Waals surface area contributed by atoms with Gasteiger partial charge in [-0.05, 0) is 25.1 Å². The first-order valence-electron chi connectivity index (χ1n) is 7.22. The number of benzene rings is 1. The minimum Gasteiger partial charge on any atom is -0.484 e. The number of amides is 1. The lowest BCUT2D eigenvalue weighted by Crippen LogP contribution is -2.44. The number of carbonyl (C=O) groups excluding carboxylic acids is 1. The zero-order valence-electron chi connectivity index (χ0n) is 12.2. The molecule has 0 aromatic heterocycles. The first kappa shape index (κ1) is 17.8. The van der Waals surface area contributed by atoms with E-state index in [4.69, 9.17) is 4.74 Å². The van der Waals surface area contributed by atoms with Crippen molar-refractivity contribution in [1.82, 2.24) is 15.5 Å². The highest BCUT2D eigenvalue weighted by Gasteiger charge is 2.08. The normalized spacial score (nSPS) is 15.0. The number of hydrogen-bond acceptors (Lipinski definition) is 4. The third-order valence-corrected chi connectivity index (χ3v) is 3.30. The molecule has 21 heavy (non-hydrogen) atoms. The lowest BCUT2D eigenvalue weighted by Gasteiger charge is -2.27. The van der Waals surface area contributed by atoms with Crippen LogP contribution < -0.4 is 15.4 Å². The summed E-state index contributed by atoms with van der Waals surface area (Å²) < 4.78 is 5.38. The Morgan fingerprint density at radius 3 is 2.67 bits per heavy atom. The molecule has 1 fully saturated rings. The van der Waals surface area contributed by atoms with Crippen LogP contribution in [-0.4, -0.2) is 56.7 Å². The second-order valence-corrected chi connectivity index (χ2v) is 4.90. The van der Waals surface area contributed by atoms with Crippen LogP contribution in [0.4, 0.5) is 0 Å². The van der Waals surface area contributed by atoms with Gasteiger partial charge in [0.15, 0.2) is 6.61 Å². The molecular weight excluding hydrogens is 290 g/mol. The zero-order chi connectivity index (χ0) is 14.0. The van der Waals surface area contributed by atoms with E-state index in [1.807, 2.05) is 30.3 Å². The molecule has 1 aliphatic heterocycles. The topological polar surface area (TPSA) is 53.6 Å². The standard InChI is InChI=1S/C15H23N3O2.ClH/c19-15(13-20-14-5-2-1-3-6-14)17-7-4-10-18-11-8-16-9-12-18;/h1-3,5-6,16H,4,7-13H2,(H,17,19);1H. The molecule has 2 rings (SSSR count).